The number of nitrogens with zero attached hydrogens (tertiary/aromatic N) is 3. The lowest BCUT2D eigenvalue weighted by Crippen LogP contribution is -2.16. The third-order valence-electron chi connectivity index (χ3n) is 5.12. The van der Waals surface area contributed by atoms with Gasteiger partial charge in [0.25, 0.3) is 0 Å². The zero-order chi connectivity index (χ0) is 24.8. The van der Waals surface area contributed by atoms with Gasteiger partial charge >= 0.3 is 0 Å². The molecular weight excluding hydrogens is 552 g/mol. The number of benzene rings is 2. The van der Waals surface area contributed by atoms with Crippen LogP contribution in [0.1, 0.15) is 17.3 Å². The van der Waals surface area contributed by atoms with Gasteiger partial charge in [-0.1, -0.05) is 17.7 Å². The standard InChI is InChI=1S/C22H19BrClF2N5O2S/c1-31-21-15(3-4-17(24)19(21)22(29-31)30-34(2,32)33)16-8-12(23)10-28-20(16)18(27)7-11-5-13(25)9-14(26)6-11/h3-6,8-10,18H,7,27H2,1-2H3,(H,29,30). The lowest BCUT2D eigenvalue weighted by atomic mass is 9.95. The predicted octanol–water partition coefficient (Wildman–Crippen LogP) is 4.94. The monoisotopic (exact) mass is 569 g/mol. The Kier molecular flexibility index (Phi) is 6.65. The number of halogens is 4. The number of hydrogen-bond donors (Lipinski definition) is 2. The zero-order valence-electron chi connectivity index (χ0n) is 18.0. The van der Waals surface area contributed by atoms with Gasteiger partial charge in [0, 0.05) is 34.9 Å². The second kappa shape index (κ2) is 9.21. The fourth-order valence-corrected chi connectivity index (χ4v) is 4.95. The Morgan fingerprint density at radius 1 is 1.18 bits per heavy atom. The fourth-order valence-electron chi connectivity index (χ4n) is 3.88. The number of nitrogens with one attached hydrogen (secondary N) is 1. The van der Waals surface area contributed by atoms with Crippen molar-refractivity contribution in [3.63, 3.8) is 0 Å². The molecule has 0 saturated carbocycles. The Labute approximate surface area is 208 Å². The van der Waals surface area contributed by atoms with E-state index in [-0.39, 0.29) is 12.2 Å². The van der Waals surface area contributed by atoms with Crippen molar-refractivity contribution in [2.45, 2.75) is 12.5 Å². The number of anilines is 1. The smallest absolute Gasteiger partial charge is 0.231 e. The van der Waals surface area contributed by atoms with E-state index in [0.717, 1.165) is 12.3 Å². The minimum atomic E-state index is -3.61. The van der Waals surface area contributed by atoms with Crippen LogP contribution in [-0.4, -0.2) is 29.4 Å². The molecule has 12 heteroatoms. The molecule has 1 atom stereocenters. The molecule has 178 valence electrons. The topological polar surface area (TPSA) is 103 Å². The summed E-state index contributed by atoms with van der Waals surface area (Å²) in [5.41, 5.74) is 9.17. The number of nitrogens with two attached hydrogens (primary N) is 1. The normalized spacial score (nSPS) is 12.8. The van der Waals surface area contributed by atoms with Gasteiger partial charge in [-0.05, 0) is 52.2 Å². The third-order valence-corrected chi connectivity index (χ3v) is 6.44. The zero-order valence-corrected chi connectivity index (χ0v) is 21.1. The van der Waals surface area contributed by atoms with E-state index in [1.165, 1.54) is 16.8 Å². The molecule has 2 heterocycles. The molecule has 1 unspecified atom stereocenters. The van der Waals surface area contributed by atoms with Crippen LogP contribution in [0, 0.1) is 11.6 Å². The lowest BCUT2D eigenvalue weighted by molar-refractivity contribution is 0.575. The molecule has 0 aliphatic carbocycles. The Balaban J connectivity index is 1.88. The predicted molar refractivity (Wildman–Crippen MR) is 132 cm³/mol. The van der Waals surface area contributed by atoms with Crippen molar-refractivity contribution in [2.75, 3.05) is 11.0 Å². The number of pyridine rings is 1. The van der Waals surface area contributed by atoms with Gasteiger partial charge in [-0.15, -0.1) is 0 Å². The van der Waals surface area contributed by atoms with E-state index in [0.29, 0.717) is 42.8 Å². The van der Waals surface area contributed by atoms with E-state index in [2.05, 4.69) is 30.7 Å². The molecule has 0 radical (unpaired) electrons. The average Bonchev–Trinajstić information content (AvgIpc) is 3.02. The van der Waals surface area contributed by atoms with Gasteiger partial charge in [0.2, 0.25) is 10.0 Å². The lowest BCUT2D eigenvalue weighted by Gasteiger charge is -2.17. The first kappa shape index (κ1) is 24.5. The molecule has 2 aromatic heterocycles. The van der Waals surface area contributed by atoms with Crippen LogP contribution in [0.25, 0.3) is 22.0 Å². The highest BCUT2D eigenvalue weighted by molar-refractivity contribution is 9.10. The summed E-state index contributed by atoms with van der Waals surface area (Å²) in [6, 6.07) is 7.76. The maximum atomic E-state index is 13.7. The number of aryl methyl sites for hydroxylation is 1. The summed E-state index contributed by atoms with van der Waals surface area (Å²) in [6.45, 7) is 0. The Morgan fingerprint density at radius 2 is 1.85 bits per heavy atom. The molecular formula is C22H19BrClF2N5O2S. The Bertz CT molecular complexity index is 1510. The van der Waals surface area contributed by atoms with Crippen molar-refractivity contribution in [1.29, 1.82) is 0 Å². The molecule has 7 nitrogen and oxygen atoms in total. The summed E-state index contributed by atoms with van der Waals surface area (Å²) in [6.07, 6.45) is 2.74. The van der Waals surface area contributed by atoms with Crippen LogP contribution in [-0.2, 0) is 23.5 Å². The van der Waals surface area contributed by atoms with Crippen molar-refractivity contribution in [2.24, 2.45) is 12.8 Å². The summed E-state index contributed by atoms with van der Waals surface area (Å²) < 4.78 is 55.6. The second-order valence-corrected chi connectivity index (χ2v) is 10.9. The molecule has 4 rings (SSSR count). The van der Waals surface area contributed by atoms with Crippen LogP contribution >= 0.6 is 27.5 Å². The average molecular weight is 571 g/mol. The van der Waals surface area contributed by atoms with Gasteiger partial charge in [-0.25, -0.2) is 17.2 Å². The SMILES string of the molecule is Cn1nc(NS(C)(=O)=O)c2c(Cl)ccc(-c3cc(Br)cnc3C(N)Cc3cc(F)cc(F)c3)c21. The first-order valence-electron chi connectivity index (χ1n) is 9.92. The molecule has 0 saturated heterocycles. The molecule has 0 amide bonds. The van der Waals surface area contributed by atoms with Crippen molar-refractivity contribution in [3.8, 4) is 11.1 Å². The van der Waals surface area contributed by atoms with E-state index in [1.807, 2.05) is 6.07 Å². The number of aromatic nitrogens is 3. The van der Waals surface area contributed by atoms with Crippen LogP contribution in [0.2, 0.25) is 5.02 Å². The Hall–Kier alpha value is -2.60. The fraction of sp³-hybridized carbons (Fsp3) is 0.182. The first-order chi connectivity index (χ1) is 15.9. The van der Waals surface area contributed by atoms with E-state index in [1.54, 1.807) is 25.4 Å². The molecule has 0 aliphatic rings. The Morgan fingerprint density at radius 3 is 2.50 bits per heavy atom. The van der Waals surface area contributed by atoms with Gasteiger partial charge in [-0.3, -0.25) is 14.4 Å². The molecule has 0 bridgehead atoms. The van der Waals surface area contributed by atoms with E-state index in [4.69, 9.17) is 17.3 Å². The summed E-state index contributed by atoms with van der Waals surface area (Å²) in [5, 5.41) is 5.02. The molecule has 2 aromatic carbocycles. The van der Waals surface area contributed by atoms with Gasteiger partial charge in [0.05, 0.1) is 33.9 Å². The third kappa shape index (κ3) is 5.07. The van der Waals surface area contributed by atoms with Gasteiger partial charge in [0.1, 0.15) is 11.6 Å². The van der Waals surface area contributed by atoms with E-state index in [9.17, 15) is 17.2 Å². The largest absolute Gasteiger partial charge is 0.322 e. The van der Waals surface area contributed by atoms with Gasteiger partial charge in [0.15, 0.2) is 5.82 Å². The van der Waals surface area contributed by atoms with Crippen LogP contribution in [0.5, 0.6) is 0 Å². The number of hydrogen-bond acceptors (Lipinski definition) is 5. The minimum Gasteiger partial charge on any atom is -0.322 e. The first-order valence-corrected chi connectivity index (χ1v) is 13.0. The van der Waals surface area contributed by atoms with Crippen molar-refractivity contribution in [1.82, 2.24) is 14.8 Å². The highest BCUT2D eigenvalue weighted by atomic mass is 79.9. The van der Waals surface area contributed by atoms with Gasteiger partial charge < -0.3 is 5.73 Å². The summed E-state index contributed by atoms with van der Waals surface area (Å²) in [4.78, 5) is 4.49. The quantitative estimate of drug-likeness (QED) is 0.342. The summed E-state index contributed by atoms with van der Waals surface area (Å²) in [7, 11) is -1.94. The summed E-state index contributed by atoms with van der Waals surface area (Å²) >= 11 is 9.85. The van der Waals surface area contributed by atoms with Crippen molar-refractivity contribution in [3.05, 3.63) is 75.0 Å². The molecule has 3 N–H and O–H groups in total. The van der Waals surface area contributed by atoms with Crippen LogP contribution in [0.15, 0.2) is 47.1 Å². The molecule has 0 fully saturated rings. The minimum absolute atomic E-state index is 0.0934. The van der Waals surface area contributed by atoms with Gasteiger partial charge in [-0.2, -0.15) is 5.10 Å². The maximum Gasteiger partial charge on any atom is 0.231 e. The number of sulfonamides is 1. The molecule has 34 heavy (non-hydrogen) atoms. The van der Waals surface area contributed by atoms with Crippen LogP contribution in [0.3, 0.4) is 0 Å². The number of fused-ring (bicyclic) bond motifs is 1. The highest BCUT2D eigenvalue weighted by Gasteiger charge is 2.23. The van der Waals surface area contributed by atoms with Crippen LogP contribution in [0.4, 0.5) is 14.6 Å². The van der Waals surface area contributed by atoms with Crippen molar-refractivity contribution < 1.29 is 17.2 Å². The van der Waals surface area contributed by atoms with Crippen LogP contribution < -0.4 is 10.5 Å². The summed E-state index contributed by atoms with van der Waals surface area (Å²) in [5.74, 6) is -1.28. The molecule has 0 aliphatic heterocycles. The maximum absolute atomic E-state index is 13.7. The highest BCUT2D eigenvalue weighted by Crippen LogP contribution is 2.40. The second-order valence-electron chi connectivity index (χ2n) is 7.84. The molecule has 4 aromatic rings. The van der Waals surface area contributed by atoms with E-state index < -0.39 is 27.7 Å². The van der Waals surface area contributed by atoms with E-state index >= 15 is 0 Å². The molecule has 0 spiro atoms. The van der Waals surface area contributed by atoms with Crippen molar-refractivity contribution >= 4 is 54.3 Å². The number of rotatable bonds is 6.